The Balaban J connectivity index is 1.71. The summed E-state index contributed by atoms with van der Waals surface area (Å²) in [5.41, 5.74) is 4.25. The fraction of sp³-hybridized carbons (Fsp3) is 0.192. The predicted molar refractivity (Wildman–Crippen MR) is 153 cm³/mol. The van der Waals surface area contributed by atoms with Crippen LogP contribution in [0.25, 0.3) is 0 Å². The number of nitro benzene ring substituents is 1. The number of nitrogens with zero attached hydrogens (tertiary/aromatic N) is 2. The van der Waals surface area contributed by atoms with Crippen LogP contribution in [-0.2, 0) is 12.8 Å². The van der Waals surface area contributed by atoms with E-state index in [0.29, 0.717) is 6.42 Å². The second-order valence-corrected chi connectivity index (χ2v) is 9.89. The Morgan fingerprint density at radius 1 is 1.34 bits per heavy atom. The van der Waals surface area contributed by atoms with E-state index in [1.807, 2.05) is 37.3 Å². The van der Waals surface area contributed by atoms with Crippen LogP contribution in [0.5, 0.6) is 0 Å². The molecule has 2 aromatic rings. The van der Waals surface area contributed by atoms with E-state index in [9.17, 15) is 10.1 Å². The zero-order chi connectivity index (χ0) is 25.0. The first-order valence-corrected chi connectivity index (χ1v) is 13.3. The van der Waals surface area contributed by atoms with E-state index in [0.717, 1.165) is 34.1 Å². The first kappa shape index (κ1) is 26.6. The minimum absolute atomic E-state index is 0.0597. The van der Waals surface area contributed by atoms with E-state index in [1.54, 1.807) is 52.8 Å². The number of hydrogen-bond acceptors (Lipinski definition) is 8. The fourth-order valence-corrected chi connectivity index (χ4v) is 4.98. The molecule has 0 aliphatic carbocycles. The summed E-state index contributed by atoms with van der Waals surface area (Å²) < 4.78 is 0. The van der Waals surface area contributed by atoms with Crippen LogP contribution in [0.4, 0.5) is 10.8 Å². The first-order valence-electron chi connectivity index (χ1n) is 11.0. The smallest absolute Gasteiger partial charge is 0.269 e. The maximum absolute atomic E-state index is 11.0. The summed E-state index contributed by atoms with van der Waals surface area (Å²) in [5.74, 6) is 0. The molecule has 2 atom stereocenters. The highest BCUT2D eigenvalue weighted by Gasteiger charge is 2.23. The second-order valence-electron chi connectivity index (χ2n) is 7.72. The zero-order valence-electron chi connectivity index (χ0n) is 19.3. The van der Waals surface area contributed by atoms with E-state index in [1.165, 1.54) is 0 Å². The van der Waals surface area contributed by atoms with Crippen LogP contribution in [-0.4, -0.2) is 21.3 Å². The van der Waals surface area contributed by atoms with Crippen molar-refractivity contribution >= 4 is 46.5 Å². The SMILES string of the molecule is C=C/C(C)=C\C=C/Cc1csc(N[C@@H](Cc2ccc([N+](=O)[O-])cc2)C2=CSC(/C=C/C=C\S)N2)n1. The molecule has 9 heteroatoms. The number of aromatic nitrogens is 1. The van der Waals surface area contributed by atoms with Gasteiger partial charge in [-0.25, -0.2) is 4.98 Å². The van der Waals surface area contributed by atoms with Crippen LogP contribution in [0.2, 0.25) is 0 Å². The highest BCUT2D eigenvalue weighted by Crippen LogP contribution is 2.28. The van der Waals surface area contributed by atoms with Gasteiger partial charge in [0.2, 0.25) is 0 Å². The van der Waals surface area contributed by atoms with Crippen molar-refractivity contribution in [1.82, 2.24) is 10.3 Å². The number of rotatable bonds is 12. The van der Waals surface area contributed by atoms with Crippen molar-refractivity contribution in [1.29, 1.82) is 0 Å². The minimum atomic E-state index is -0.381. The van der Waals surface area contributed by atoms with Crippen LogP contribution in [0, 0.1) is 10.1 Å². The molecule has 1 aromatic carbocycles. The number of hydrogen-bond donors (Lipinski definition) is 3. The van der Waals surface area contributed by atoms with Crippen molar-refractivity contribution in [2.24, 2.45) is 0 Å². The third-order valence-corrected chi connectivity index (χ3v) is 7.04. The van der Waals surface area contributed by atoms with Gasteiger partial charge >= 0.3 is 0 Å². The van der Waals surface area contributed by atoms with Crippen LogP contribution >= 0.6 is 35.7 Å². The van der Waals surface area contributed by atoms with Crippen molar-refractivity contribution in [3.8, 4) is 0 Å². The molecular formula is C26H28N4O2S3. The number of nitro groups is 1. The minimum Gasteiger partial charge on any atom is -0.371 e. The highest BCUT2D eigenvalue weighted by molar-refractivity contribution is 8.03. The summed E-state index contributed by atoms with van der Waals surface area (Å²) in [6.07, 6.45) is 15.2. The molecule has 182 valence electrons. The molecule has 35 heavy (non-hydrogen) atoms. The van der Waals surface area contributed by atoms with Gasteiger partial charge in [0.1, 0.15) is 0 Å². The Morgan fingerprint density at radius 2 is 2.14 bits per heavy atom. The van der Waals surface area contributed by atoms with Gasteiger partial charge in [0.05, 0.1) is 22.0 Å². The molecular weight excluding hydrogens is 497 g/mol. The summed E-state index contributed by atoms with van der Waals surface area (Å²) in [5, 5.41) is 24.9. The van der Waals surface area contributed by atoms with Crippen LogP contribution in [0.3, 0.4) is 0 Å². The van der Waals surface area contributed by atoms with Crippen molar-refractivity contribution in [3.63, 3.8) is 0 Å². The van der Waals surface area contributed by atoms with Crippen LogP contribution in [0.1, 0.15) is 18.2 Å². The number of nitrogens with one attached hydrogen (secondary N) is 2. The van der Waals surface area contributed by atoms with Crippen LogP contribution in [0.15, 0.2) is 101 Å². The molecule has 0 radical (unpaired) electrons. The van der Waals surface area contributed by atoms with Crippen molar-refractivity contribution in [3.05, 3.63) is 122 Å². The summed E-state index contributed by atoms with van der Waals surface area (Å²) in [4.78, 5) is 15.4. The number of thiazole rings is 1. The number of benzene rings is 1. The highest BCUT2D eigenvalue weighted by atomic mass is 32.2. The average molecular weight is 525 g/mol. The lowest BCUT2D eigenvalue weighted by Crippen LogP contribution is -2.33. The van der Waals surface area contributed by atoms with Crippen LogP contribution < -0.4 is 10.6 Å². The Morgan fingerprint density at radius 3 is 2.86 bits per heavy atom. The molecule has 2 heterocycles. The Labute approximate surface area is 219 Å². The lowest BCUT2D eigenvalue weighted by atomic mass is 10.0. The summed E-state index contributed by atoms with van der Waals surface area (Å²) in [6.45, 7) is 5.76. The lowest BCUT2D eigenvalue weighted by molar-refractivity contribution is -0.384. The maximum Gasteiger partial charge on any atom is 0.269 e. The first-order chi connectivity index (χ1) is 17.0. The lowest BCUT2D eigenvalue weighted by Gasteiger charge is -2.21. The fourth-order valence-electron chi connectivity index (χ4n) is 3.19. The normalized spacial score (nSPS) is 17.1. The summed E-state index contributed by atoms with van der Waals surface area (Å²) in [7, 11) is 0. The van der Waals surface area contributed by atoms with Gasteiger partial charge in [-0.05, 0) is 29.7 Å². The molecule has 0 spiro atoms. The predicted octanol–water partition coefficient (Wildman–Crippen LogP) is 6.81. The molecule has 0 bridgehead atoms. The monoisotopic (exact) mass is 524 g/mol. The molecule has 0 amide bonds. The molecule has 3 rings (SSSR count). The Hall–Kier alpha value is -3.01. The largest absolute Gasteiger partial charge is 0.371 e. The number of anilines is 1. The molecule has 1 aliphatic heterocycles. The average Bonchev–Trinajstić information content (AvgIpc) is 3.51. The van der Waals surface area contributed by atoms with E-state index < -0.39 is 0 Å². The third-order valence-electron chi connectivity index (χ3n) is 5.09. The van der Waals surface area contributed by atoms with Gasteiger partial charge in [-0.2, -0.15) is 12.6 Å². The molecule has 2 N–H and O–H groups in total. The number of thiol groups is 1. The molecule has 1 aromatic heterocycles. The van der Waals surface area contributed by atoms with Gasteiger partial charge in [0.15, 0.2) is 5.13 Å². The maximum atomic E-state index is 11.0. The van der Waals surface area contributed by atoms with Gasteiger partial charge in [0.25, 0.3) is 5.69 Å². The number of thioether (sulfide) groups is 1. The number of allylic oxidation sites excluding steroid dienone is 7. The molecule has 6 nitrogen and oxygen atoms in total. The van der Waals surface area contributed by atoms with E-state index >= 15 is 0 Å². The summed E-state index contributed by atoms with van der Waals surface area (Å²) >= 11 is 7.34. The Kier molecular flexibility index (Phi) is 10.5. The van der Waals surface area contributed by atoms with Crippen molar-refractivity contribution in [2.45, 2.75) is 31.2 Å². The number of non-ortho nitro benzene ring substituents is 1. The van der Waals surface area contributed by atoms with Gasteiger partial charge in [0, 0.05) is 29.6 Å². The van der Waals surface area contributed by atoms with Crippen molar-refractivity contribution < 1.29 is 4.92 Å². The topological polar surface area (TPSA) is 80.1 Å². The Bertz CT molecular complexity index is 1160. The van der Waals surface area contributed by atoms with E-state index in [2.05, 4.69) is 52.8 Å². The van der Waals surface area contributed by atoms with E-state index in [4.69, 9.17) is 4.98 Å². The van der Waals surface area contributed by atoms with Crippen molar-refractivity contribution in [2.75, 3.05) is 5.32 Å². The van der Waals surface area contributed by atoms with Gasteiger partial charge in [-0.1, -0.05) is 66.8 Å². The van der Waals surface area contributed by atoms with Gasteiger partial charge in [-0.15, -0.1) is 23.1 Å². The molecule has 0 saturated heterocycles. The third kappa shape index (κ3) is 8.61. The standard InChI is InChI=1S/C26H28N4O2S3/c1-3-19(2)8-4-5-9-21-17-35-26(27-21)29-23(16-20-11-13-22(14-12-20)30(31)32)24-18-34-25(28-24)10-6-7-15-33/h3-8,10-15,17-18,23,25,28,33H,1,9,16H2,2H3,(H,27,29)/b5-4-,10-6+,15-7-,19-8-/t23-,25?/m0/s1. The van der Waals surface area contributed by atoms with Gasteiger partial charge in [-0.3, -0.25) is 10.1 Å². The summed E-state index contributed by atoms with van der Waals surface area (Å²) in [6, 6.07) is 6.64. The molecule has 0 fully saturated rings. The molecule has 1 unspecified atom stereocenters. The van der Waals surface area contributed by atoms with Gasteiger partial charge < -0.3 is 10.6 Å². The quantitative estimate of drug-likeness (QED) is 0.123. The van der Waals surface area contributed by atoms with E-state index in [-0.39, 0.29) is 22.0 Å². The zero-order valence-corrected chi connectivity index (χ0v) is 21.9. The molecule has 1 aliphatic rings. The molecule has 0 saturated carbocycles. The second kappa shape index (κ2) is 13.8.